The summed E-state index contributed by atoms with van der Waals surface area (Å²) in [5, 5.41) is 0. The maximum atomic E-state index is 13.0. The van der Waals surface area contributed by atoms with Gasteiger partial charge in [0.05, 0.1) is 25.0 Å². The molecular formula is C20H26N4O. The molecule has 0 aliphatic carbocycles. The number of pyridine rings is 1. The molecule has 25 heavy (non-hydrogen) atoms. The third kappa shape index (κ3) is 4.87. The third-order valence-corrected chi connectivity index (χ3v) is 4.67. The van der Waals surface area contributed by atoms with Crippen LogP contribution in [0, 0.1) is 6.92 Å². The van der Waals surface area contributed by atoms with Crippen LogP contribution in [0.15, 0.2) is 48.8 Å². The van der Waals surface area contributed by atoms with Crippen molar-refractivity contribution in [3.8, 4) is 0 Å². The number of carbonyl (C=O) groups excluding carboxylic acids is 1. The highest BCUT2D eigenvalue weighted by Crippen LogP contribution is 2.17. The first-order chi connectivity index (χ1) is 12.1. The second kappa shape index (κ2) is 8.23. The van der Waals surface area contributed by atoms with E-state index < -0.39 is 0 Å². The number of piperazine rings is 1. The Morgan fingerprint density at radius 1 is 1.12 bits per heavy atom. The average Bonchev–Trinajstić information content (AvgIpc) is 2.64. The fourth-order valence-corrected chi connectivity index (χ4v) is 3.00. The van der Waals surface area contributed by atoms with Gasteiger partial charge < -0.3 is 9.80 Å². The Labute approximate surface area is 149 Å². The number of hydrogen-bond donors (Lipinski definition) is 0. The van der Waals surface area contributed by atoms with Crippen LogP contribution in [-0.2, 0) is 11.3 Å². The smallest absolute Gasteiger partial charge is 0.241 e. The van der Waals surface area contributed by atoms with Gasteiger partial charge in [-0.3, -0.25) is 14.7 Å². The van der Waals surface area contributed by atoms with Crippen molar-refractivity contribution in [2.24, 2.45) is 0 Å². The SMILES string of the molecule is Cc1ccc(CN(C(=O)CN2CCN(C)CC2)c2cccnc2)cc1. The third-order valence-electron chi connectivity index (χ3n) is 4.67. The van der Waals surface area contributed by atoms with E-state index in [1.165, 1.54) is 5.56 Å². The Balaban J connectivity index is 1.73. The molecule has 1 aromatic heterocycles. The van der Waals surface area contributed by atoms with Gasteiger partial charge in [-0.2, -0.15) is 0 Å². The van der Waals surface area contributed by atoms with E-state index >= 15 is 0 Å². The highest BCUT2D eigenvalue weighted by atomic mass is 16.2. The fourth-order valence-electron chi connectivity index (χ4n) is 3.00. The zero-order valence-electron chi connectivity index (χ0n) is 15.1. The van der Waals surface area contributed by atoms with Gasteiger partial charge in [0.25, 0.3) is 0 Å². The quantitative estimate of drug-likeness (QED) is 0.838. The first-order valence-electron chi connectivity index (χ1n) is 8.78. The van der Waals surface area contributed by atoms with Gasteiger partial charge in [0, 0.05) is 32.4 Å². The lowest BCUT2D eigenvalue weighted by atomic mass is 10.1. The van der Waals surface area contributed by atoms with E-state index in [9.17, 15) is 4.79 Å². The van der Waals surface area contributed by atoms with Gasteiger partial charge >= 0.3 is 0 Å². The van der Waals surface area contributed by atoms with Crippen molar-refractivity contribution < 1.29 is 4.79 Å². The maximum Gasteiger partial charge on any atom is 0.241 e. The molecule has 5 heteroatoms. The van der Waals surface area contributed by atoms with Crippen molar-refractivity contribution >= 4 is 11.6 Å². The van der Waals surface area contributed by atoms with Gasteiger partial charge in [0.2, 0.25) is 5.91 Å². The molecule has 3 rings (SSSR count). The van der Waals surface area contributed by atoms with Crippen LogP contribution in [0.3, 0.4) is 0 Å². The Hall–Kier alpha value is -2.24. The van der Waals surface area contributed by atoms with E-state index in [-0.39, 0.29) is 5.91 Å². The van der Waals surface area contributed by atoms with Crippen molar-refractivity contribution in [3.05, 3.63) is 59.9 Å². The van der Waals surface area contributed by atoms with E-state index in [0.717, 1.165) is 37.4 Å². The van der Waals surface area contributed by atoms with Gasteiger partial charge in [-0.25, -0.2) is 0 Å². The zero-order valence-corrected chi connectivity index (χ0v) is 15.1. The summed E-state index contributed by atoms with van der Waals surface area (Å²) < 4.78 is 0. The molecule has 0 atom stereocenters. The number of amides is 1. The summed E-state index contributed by atoms with van der Waals surface area (Å²) in [4.78, 5) is 23.6. The Kier molecular flexibility index (Phi) is 5.79. The van der Waals surface area contributed by atoms with Gasteiger partial charge in [-0.1, -0.05) is 29.8 Å². The number of likely N-dealkylation sites (N-methyl/N-ethyl adjacent to an activating group) is 1. The van der Waals surface area contributed by atoms with Crippen LogP contribution >= 0.6 is 0 Å². The predicted octanol–water partition coefficient (Wildman–Crippen LogP) is 2.17. The monoisotopic (exact) mass is 338 g/mol. The minimum absolute atomic E-state index is 0.123. The molecule has 132 valence electrons. The number of aryl methyl sites for hydroxylation is 1. The summed E-state index contributed by atoms with van der Waals surface area (Å²) in [6.07, 6.45) is 3.49. The van der Waals surface area contributed by atoms with Gasteiger partial charge in [0.1, 0.15) is 0 Å². The van der Waals surface area contributed by atoms with Crippen LogP contribution in [0.25, 0.3) is 0 Å². The highest BCUT2D eigenvalue weighted by Gasteiger charge is 2.22. The summed E-state index contributed by atoms with van der Waals surface area (Å²) in [5.41, 5.74) is 3.20. The molecule has 1 saturated heterocycles. The van der Waals surface area contributed by atoms with E-state index in [2.05, 4.69) is 53.0 Å². The van der Waals surface area contributed by atoms with Gasteiger partial charge in [-0.05, 0) is 31.7 Å². The van der Waals surface area contributed by atoms with E-state index in [1.807, 2.05) is 17.0 Å². The molecule has 1 amide bonds. The zero-order chi connectivity index (χ0) is 17.6. The maximum absolute atomic E-state index is 13.0. The first-order valence-corrected chi connectivity index (χ1v) is 8.78. The molecule has 5 nitrogen and oxygen atoms in total. The average molecular weight is 338 g/mol. The number of carbonyl (C=O) groups is 1. The normalized spacial score (nSPS) is 15.9. The van der Waals surface area contributed by atoms with Gasteiger partial charge in [0.15, 0.2) is 0 Å². The number of rotatable bonds is 5. The molecule has 1 aromatic carbocycles. The van der Waals surface area contributed by atoms with Crippen LogP contribution in [0.1, 0.15) is 11.1 Å². The van der Waals surface area contributed by atoms with Crippen molar-refractivity contribution in [3.63, 3.8) is 0 Å². The number of benzene rings is 1. The van der Waals surface area contributed by atoms with E-state index in [0.29, 0.717) is 13.1 Å². The second-order valence-corrected chi connectivity index (χ2v) is 6.76. The van der Waals surface area contributed by atoms with E-state index in [1.54, 1.807) is 12.4 Å². The number of nitrogens with zero attached hydrogens (tertiary/aromatic N) is 4. The molecule has 1 aliphatic rings. The molecular weight excluding hydrogens is 312 g/mol. The molecule has 1 fully saturated rings. The first kappa shape index (κ1) is 17.6. The summed E-state index contributed by atoms with van der Waals surface area (Å²) >= 11 is 0. The van der Waals surface area contributed by atoms with Crippen LogP contribution in [0.5, 0.6) is 0 Å². The van der Waals surface area contributed by atoms with Crippen molar-refractivity contribution in [1.82, 2.24) is 14.8 Å². The molecule has 0 bridgehead atoms. The lowest BCUT2D eigenvalue weighted by Crippen LogP contribution is -2.48. The minimum atomic E-state index is 0.123. The number of aromatic nitrogens is 1. The summed E-state index contributed by atoms with van der Waals surface area (Å²) in [5.74, 6) is 0.123. The van der Waals surface area contributed by atoms with Crippen LogP contribution < -0.4 is 4.90 Å². The van der Waals surface area contributed by atoms with Crippen LogP contribution in [0.4, 0.5) is 5.69 Å². The Morgan fingerprint density at radius 2 is 1.84 bits per heavy atom. The standard InChI is InChI=1S/C20H26N4O/c1-17-5-7-18(8-6-17)15-24(19-4-3-9-21-14-19)20(25)16-23-12-10-22(2)11-13-23/h3-9,14H,10-13,15-16H2,1-2H3. The molecule has 2 heterocycles. The van der Waals surface area contributed by atoms with Crippen molar-refractivity contribution in [2.45, 2.75) is 13.5 Å². The topological polar surface area (TPSA) is 39.7 Å². The number of anilines is 1. The minimum Gasteiger partial charge on any atom is -0.305 e. The molecule has 1 aliphatic heterocycles. The van der Waals surface area contributed by atoms with E-state index in [4.69, 9.17) is 0 Å². The lowest BCUT2D eigenvalue weighted by Gasteiger charge is -2.33. The summed E-state index contributed by atoms with van der Waals surface area (Å²) in [6, 6.07) is 12.2. The molecule has 0 N–H and O–H groups in total. The molecule has 0 radical (unpaired) electrons. The largest absolute Gasteiger partial charge is 0.305 e. The Morgan fingerprint density at radius 3 is 2.48 bits per heavy atom. The lowest BCUT2D eigenvalue weighted by molar-refractivity contribution is -0.120. The fraction of sp³-hybridized carbons (Fsp3) is 0.400. The summed E-state index contributed by atoms with van der Waals surface area (Å²) in [7, 11) is 2.12. The van der Waals surface area contributed by atoms with Crippen molar-refractivity contribution in [2.75, 3.05) is 44.7 Å². The van der Waals surface area contributed by atoms with Crippen LogP contribution in [-0.4, -0.2) is 60.5 Å². The predicted molar refractivity (Wildman–Crippen MR) is 101 cm³/mol. The molecule has 0 saturated carbocycles. The molecule has 2 aromatic rings. The van der Waals surface area contributed by atoms with Crippen molar-refractivity contribution in [1.29, 1.82) is 0 Å². The number of hydrogen-bond acceptors (Lipinski definition) is 4. The van der Waals surface area contributed by atoms with Gasteiger partial charge in [-0.15, -0.1) is 0 Å². The second-order valence-electron chi connectivity index (χ2n) is 6.76. The molecule has 0 spiro atoms. The summed E-state index contributed by atoms with van der Waals surface area (Å²) in [6.45, 7) is 6.99. The van der Waals surface area contributed by atoms with Crippen LogP contribution in [0.2, 0.25) is 0 Å². The molecule has 0 unspecified atom stereocenters. The highest BCUT2D eigenvalue weighted by molar-refractivity contribution is 5.94. The Bertz CT molecular complexity index is 679.